The van der Waals surface area contributed by atoms with Crippen molar-refractivity contribution in [1.29, 1.82) is 0 Å². The molecule has 0 spiro atoms. The van der Waals surface area contributed by atoms with Crippen molar-refractivity contribution in [1.82, 2.24) is 9.97 Å². The lowest BCUT2D eigenvalue weighted by Gasteiger charge is -2.20. The summed E-state index contributed by atoms with van der Waals surface area (Å²) in [5.74, 6) is -0.401. The molecule has 0 radical (unpaired) electrons. The molecule has 0 aliphatic heterocycles. The van der Waals surface area contributed by atoms with E-state index >= 15 is 0 Å². The topological polar surface area (TPSA) is 102 Å². The predicted octanol–water partition coefficient (Wildman–Crippen LogP) is 3.94. The van der Waals surface area contributed by atoms with Crippen LogP contribution < -0.4 is 16.4 Å². The molecule has 1 heterocycles. The van der Waals surface area contributed by atoms with Gasteiger partial charge in [0, 0.05) is 5.69 Å². The van der Waals surface area contributed by atoms with Crippen molar-refractivity contribution in [2.45, 2.75) is 26.4 Å². The van der Waals surface area contributed by atoms with Crippen molar-refractivity contribution >= 4 is 40.6 Å². The van der Waals surface area contributed by atoms with Gasteiger partial charge in [0.25, 0.3) is 0 Å². The Hall–Kier alpha value is -2.61. The quantitative estimate of drug-likeness (QED) is 0.722. The number of aromatic nitrogens is 2. The first-order valence-corrected chi connectivity index (χ1v) is 7.36. The molecule has 0 saturated heterocycles. The van der Waals surface area contributed by atoms with Crippen molar-refractivity contribution in [3.05, 3.63) is 35.5 Å². The molecule has 0 saturated carbocycles. The van der Waals surface area contributed by atoms with Crippen LogP contribution in [0.5, 0.6) is 0 Å². The molecule has 1 amide bonds. The van der Waals surface area contributed by atoms with Crippen LogP contribution in [0.2, 0.25) is 5.28 Å². The maximum atomic E-state index is 14.0. The molecule has 0 fully saturated rings. The summed E-state index contributed by atoms with van der Waals surface area (Å²) in [6, 6.07) is 3.98. The zero-order valence-corrected chi connectivity index (χ0v) is 14.1. The summed E-state index contributed by atoms with van der Waals surface area (Å²) in [6.45, 7) is 5.23. The number of anilines is 4. The Morgan fingerprint density at radius 1 is 1.38 bits per heavy atom. The second kappa shape index (κ2) is 6.88. The zero-order valence-electron chi connectivity index (χ0n) is 13.4. The smallest absolute Gasteiger partial charge is 0.412 e. The summed E-state index contributed by atoms with van der Waals surface area (Å²) >= 11 is 5.70. The third-order valence-electron chi connectivity index (χ3n) is 2.65. The van der Waals surface area contributed by atoms with Crippen LogP contribution in [0.4, 0.5) is 32.1 Å². The van der Waals surface area contributed by atoms with Crippen molar-refractivity contribution in [3.8, 4) is 0 Å². The fourth-order valence-electron chi connectivity index (χ4n) is 1.72. The van der Waals surface area contributed by atoms with Gasteiger partial charge in [0.05, 0.1) is 17.6 Å². The highest BCUT2D eigenvalue weighted by Gasteiger charge is 2.17. The van der Waals surface area contributed by atoms with Crippen LogP contribution in [-0.2, 0) is 4.74 Å². The molecule has 0 atom stereocenters. The maximum Gasteiger partial charge on any atom is 0.412 e. The van der Waals surface area contributed by atoms with Gasteiger partial charge < -0.3 is 15.8 Å². The Kier molecular flexibility index (Phi) is 5.08. The van der Waals surface area contributed by atoms with Gasteiger partial charge in [-0.05, 0) is 50.6 Å². The Morgan fingerprint density at radius 3 is 2.75 bits per heavy atom. The largest absolute Gasteiger partial charge is 0.444 e. The Balaban J connectivity index is 2.19. The number of nitrogens with one attached hydrogen (secondary N) is 2. The molecule has 24 heavy (non-hydrogen) atoms. The van der Waals surface area contributed by atoms with Crippen LogP contribution in [0, 0.1) is 5.82 Å². The van der Waals surface area contributed by atoms with E-state index in [2.05, 4.69) is 20.6 Å². The van der Waals surface area contributed by atoms with Gasteiger partial charge in [0.2, 0.25) is 5.28 Å². The SMILES string of the molecule is CC(C)(C)OC(=O)Nc1ccc(F)c(Nc2nc(Cl)ncc2N)c1. The van der Waals surface area contributed by atoms with E-state index in [0.717, 1.165) is 0 Å². The molecule has 1 aromatic heterocycles. The van der Waals surface area contributed by atoms with Gasteiger partial charge in [-0.2, -0.15) is 4.98 Å². The van der Waals surface area contributed by atoms with Gasteiger partial charge in [-0.3, -0.25) is 5.32 Å². The van der Waals surface area contributed by atoms with E-state index in [1.165, 1.54) is 24.4 Å². The molecular weight excluding hydrogens is 337 g/mol. The van der Waals surface area contributed by atoms with Crippen LogP contribution in [0.3, 0.4) is 0 Å². The molecule has 0 bridgehead atoms. The lowest BCUT2D eigenvalue weighted by Crippen LogP contribution is -2.27. The van der Waals surface area contributed by atoms with Crippen molar-refractivity contribution in [2.75, 3.05) is 16.4 Å². The minimum Gasteiger partial charge on any atom is -0.444 e. The third-order valence-corrected chi connectivity index (χ3v) is 2.83. The summed E-state index contributed by atoms with van der Waals surface area (Å²) < 4.78 is 19.1. The Morgan fingerprint density at radius 2 is 2.08 bits per heavy atom. The first-order valence-electron chi connectivity index (χ1n) is 6.98. The molecular formula is C15H17ClFN5O2. The highest BCUT2D eigenvalue weighted by Crippen LogP contribution is 2.26. The molecule has 9 heteroatoms. The van der Waals surface area contributed by atoms with E-state index in [-0.39, 0.29) is 22.5 Å². The molecule has 1 aromatic carbocycles. The molecule has 7 nitrogen and oxygen atoms in total. The summed E-state index contributed by atoms with van der Waals surface area (Å²) in [6.07, 6.45) is 0.655. The van der Waals surface area contributed by atoms with Crippen LogP contribution in [0.15, 0.2) is 24.4 Å². The number of hydrogen-bond acceptors (Lipinski definition) is 6. The average Bonchev–Trinajstić information content (AvgIpc) is 2.44. The lowest BCUT2D eigenvalue weighted by molar-refractivity contribution is 0.0636. The summed E-state index contributed by atoms with van der Waals surface area (Å²) in [5, 5.41) is 5.20. The number of nitrogens with zero attached hydrogens (tertiary/aromatic N) is 2. The van der Waals surface area contributed by atoms with Crippen LogP contribution >= 0.6 is 11.6 Å². The van der Waals surface area contributed by atoms with Crippen molar-refractivity contribution < 1.29 is 13.9 Å². The minimum absolute atomic E-state index is 0.0323. The Bertz CT molecular complexity index is 764. The van der Waals surface area contributed by atoms with Gasteiger partial charge in [-0.1, -0.05) is 0 Å². The Labute approximate surface area is 143 Å². The van der Waals surface area contributed by atoms with E-state index in [9.17, 15) is 9.18 Å². The number of carbonyl (C=O) groups excluding carboxylic acids is 1. The number of benzene rings is 1. The molecule has 2 aromatic rings. The van der Waals surface area contributed by atoms with Gasteiger partial charge >= 0.3 is 6.09 Å². The third kappa shape index (κ3) is 4.95. The second-order valence-electron chi connectivity index (χ2n) is 5.89. The summed E-state index contributed by atoms with van der Waals surface area (Å²) in [4.78, 5) is 19.4. The molecule has 0 aliphatic rings. The first-order chi connectivity index (χ1) is 11.1. The van der Waals surface area contributed by atoms with E-state index in [1.54, 1.807) is 20.8 Å². The number of hydrogen-bond donors (Lipinski definition) is 3. The molecule has 128 valence electrons. The number of rotatable bonds is 3. The van der Waals surface area contributed by atoms with E-state index in [4.69, 9.17) is 22.1 Å². The van der Waals surface area contributed by atoms with Crippen LogP contribution in [0.25, 0.3) is 0 Å². The van der Waals surface area contributed by atoms with Crippen molar-refractivity contribution in [3.63, 3.8) is 0 Å². The standard InChI is InChI=1S/C15H17ClFN5O2/c1-15(2,3)24-14(23)20-8-4-5-9(17)11(6-8)21-12-10(18)7-19-13(16)22-12/h4-7H,18H2,1-3H3,(H,20,23)(H,19,21,22). The van der Waals surface area contributed by atoms with Gasteiger partial charge in [-0.25, -0.2) is 14.2 Å². The van der Waals surface area contributed by atoms with Crippen LogP contribution in [0.1, 0.15) is 20.8 Å². The van der Waals surface area contributed by atoms with E-state index in [0.29, 0.717) is 5.69 Å². The normalized spacial score (nSPS) is 11.0. The number of nitrogen functional groups attached to an aromatic ring is 1. The molecule has 4 N–H and O–H groups in total. The number of ether oxygens (including phenoxy) is 1. The molecule has 0 unspecified atom stereocenters. The summed E-state index contributed by atoms with van der Waals surface area (Å²) in [5.41, 5.74) is 5.67. The van der Waals surface area contributed by atoms with Gasteiger partial charge in [-0.15, -0.1) is 0 Å². The summed E-state index contributed by atoms with van der Waals surface area (Å²) in [7, 11) is 0. The predicted molar refractivity (Wildman–Crippen MR) is 91.0 cm³/mol. The second-order valence-corrected chi connectivity index (χ2v) is 6.23. The monoisotopic (exact) mass is 353 g/mol. The number of amides is 1. The fraction of sp³-hybridized carbons (Fsp3) is 0.267. The highest BCUT2D eigenvalue weighted by molar-refractivity contribution is 6.28. The minimum atomic E-state index is -0.648. The van der Waals surface area contributed by atoms with E-state index in [1.807, 2.05) is 0 Å². The zero-order chi connectivity index (χ0) is 17.9. The first kappa shape index (κ1) is 17.7. The van der Waals surface area contributed by atoms with Gasteiger partial charge in [0.15, 0.2) is 5.82 Å². The maximum absolute atomic E-state index is 14.0. The van der Waals surface area contributed by atoms with Crippen LogP contribution in [-0.4, -0.2) is 21.7 Å². The van der Waals surface area contributed by atoms with Crippen molar-refractivity contribution in [2.24, 2.45) is 0 Å². The lowest BCUT2D eigenvalue weighted by atomic mass is 10.2. The average molecular weight is 354 g/mol. The number of nitrogens with two attached hydrogens (primary N) is 1. The number of halogens is 2. The van der Waals surface area contributed by atoms with Gasteiger partial charge in [0.1, 0.15) is 11.4 Å². The molecule has 2 rings (SSSR count). The fourth-order valence-corrected chi connectivity index (χ4v) is 1.85. The molecule has 0 aliphatic carbocycles. The highest BCUT2D eigenvalue weighted by atomic mass is 35.5. The number of carbonyl (C=O) groups is 1. The van der Waals surface area contributed by atoms with E-state index < -0.39 is 17.5 Å².